The van der Waals surface area contributed by atoms with E-state index >= 15 is 0 Å². The molecule has 0 atom stereocenters. The zero-order chi connectivity index (χ0) is 13.1. The summed E-state index contributed by atoms with van der Waals surface area (Å²) >= 11 is 5.35. The third-order valence-electron chi connectivity index (χ3n) is 2.81. The van der Waals surface area contributed by atoms with Crippen LogP contribution in [0.3, 0.4) is 0 Å². The third-order valence-corrected chi connectivity index (χ3v) is 3.07. The molecular weight excluding hydrogens is 263 g/mol. The van der Waals surface area contributed by atoms with Crippen molar-refractivity contribution >= 4 is 11.6 Å². The molecule has 5 nitrogen and oxygen atoms in total. The lowest BCUT2D eigenvalue weighted by Gasteiger charge is -2.06. The Hall–Kier alpha value is -1.14. The first-order valence-electron chi connectivity index (χ1n) is 5.85. The molecule has 0 radical (unpaired) electrons. The fraction of sp³-hybridized carbons (Fsp3) is 0.636. The van der Waals surface area contributed by atoms with Gasteiger partial charge in [-0.15, -0.1) is 0 Å². The van der Waals surface area contributed by atoms with Gasteiger partial charge in [0.15, 0.2) is 5.15 Å². The molecule has 1 N–H and O–H groups in total. The molecule has 0 unspecified atom stereocenters. The highest BCUT2D eigenvalue weighted by Gasteiger charge is 2.20. The average Bonchev–Trinajstić information content (AvgIpc) is 3.14. The lowest BCUT2D eigenvalue weighted by molar-refractivity contribution is 0.119. The highest BCUT2D eigenvalue weighted by molar-refractivity contribution is 6.29. The Labute approximate surface area is 108 Å². The summed E-state index contributed by atoms with van der Waals surface area (Å²) in [5.41, 5.74) is -1.69. The van der Waals surface area contributed by atoms with Gasteiger partial charge < -0.3 is 4.74 Å². The summed E-state index contributed by atoms with van der Waals surface area (Å²) in [7, 11) is 0. The number of nitrogens with zero attached hydrogens (tertiary/aromatic N) is 1. The van der Waals surface area contributed by atoms with Crippen molar-refractivity contribution in [3.05, 3.63) is 31.8 Å². The molecule has 2 rings (SSSR count). The monoisotopic (exact) mass is 276 g/mol. The van der Waals surface area contributed by atoms with Crippen LogP contribution in [-0.2, 0) is 11.3 Å². The van der Waals surface area contributed by atoms with Crippen LogP contribution in [0.1, 0.15) is 19.3 Å². The first-order chi connectivity index (χ1) is 8.59. The van der Waals surface area contributed by atoms with Gasteiger partial charge in [-0.2, -0.15) is 4.39 Å². The van der Waals surface area contributed by atoms with E-state index in [2.05, 4.69) is 4.98 Å². The highest BCUT2D eigenvalue weighted by Crippen LogP contribution is 2.28. The average molecular weight is 277 g/mol. The van der Waals surface area contributed by atoms with Gasteiger partial charge in [-0.05, 0) is 25.2 Å². The molecule has 1 aromatic rings. The number of rotatable bonds is 6. The third kappa shape index (κ3) is 3.20. The van der Waals surface area contributed by atoms with Crippen LogP contribution in [0.15, 0.2) is 9.59 Å². The van der Waals surface area contributed by atoms with E-state index < -0.39 is 22.2 Å². The fourth-order valence-electron chi connectivity index (χ4n) is 1.58. The molecule has 0 bridgehead atoms. The maximum Gasteiger partial charge on any atom is 0.329 e. The van der Waals surface area contributed by atoms with E-state index in [4.69, 9.17) is 16.3 Å². The van der Waals surface area contributed by atoms with Gasteiger partial charge in [-0.1, -0.05) is 11.6 Å². The zero-order valence-electron chi connectivity index (χ0n) is 9.75. The van der Waals surface area contributed by atoms with E-state index in [9.17, 15) is 14.0 Å². The predicted octanol–water partition coefficient (Wildman–Crippen LogP) is 1.15. The summed E-state index contributed by atoms with van der Waals surface area (Å²) < 4.78 is 19.4. The van der Waals surface area contributed by atoms with Crippen LogP contribution >= 0.6 is 11.6 Å². The molecule has 1 aromatic heterocycles. The molecule has 0 amide bonds. The van der Waals surface area contributed by atoms with Crippen molar-refractivity contribution < 1.29 is 9.13 Å². The largest absolute Gasteiger partial charge is 0.381 e. The SMILES string of the molecule is O=c1[nH]c(Cl)c(F)c(=O)n1CCCOCC1CC1. The number of hydrogen-bond donors (Lipinski definition) is 1. The Kier molecular flexibility index (Phi) is 4.19. The van der Waals surface area contributed by atoms with Crippen LogP contribution in [0, 0.1) is 11.7 Å². The lowest BCUT2D eigenvalue weighted by atomic mass is 10.4. The van der Waals surface area contributed by atoms with Gasteiger partial charge in [0, 0.05) is 19.8 Å². The van der Waals surface area contributed by atoms with Gasteiger partial charge in [0.05, 0.1) is 0 Å². The smallest absolute Gasteiger partial charge is 0.329 e. The first kappa shape index (κ1) is 13.3. The Bertz CT molecular complexity index is 536. The Morgan fingerprint density at radius 2 is 2.17 bits per heavy atom. The van der Waals surface area contributed by atoms with E-state index in [1.54, 1.807) is 0 Å². The molecule has 100 valence electrons. The van der Waals surface area contributed by atoms with E-state index in [1.807, 2.05) is 0 Å². The summed E-state index contributed by atoms with van der Waals surface area (Å²) in [5.74, 6) is -0.459. The number of hydrogen-bond acceptors (Lipinski definition) is 3. The van der Waals surface area contributed by atoms with Crippen LogP contribution < -0.4 is 11.2 Å². The van der Waals surface area contributed by atoms with Crippen LogP contribution in [-0.4, -0.2) is 22.8 Å². The maximum absolute atomic E-state index is 13.2. The molecule has 18 heavy (non-hydrogen) atoms. The normalized spacial score (nSPS) is 15.0. The Morgan fingerprint density at radius 1 is 1.44 bits per heavy atom. The summed E-state index contributed by atoms with van der Waals surface area (Å²) in [6, 6.07) is 0. The van der Waals surface area contributed by atoms with E-state index in [1.165, 1.54) is 12.8 Å². The topological polar surface area (TPSA) is 64.1 Å². The summed E-state index contributed by atoms with van der Waals surface area (Å²) in [6.45, 7) is 1.29. The van der Waals surface area contributed by atoms with Gasteiger partial charge in [0.2, 0.25) is 5.82 Å². The zero-order valence-corrected chi connectivity index (χ0v) is 10.5. The van der Waals surface area contributed by atoms with Crippen molar-refractivity contribution in [2.24, 2.45) is 5.92 Å². The number of halogens is 2. The molecule has 1 heterocycles. The second-order valence-electron chi connectivity index (χ2n) is 4.39. The minimum absolute atomic E-state index is 0.118. The number of ether oxygens (including phenoxy) is 1. The van der Waals surface area contributed by atoms with Crippen LogP contribution in [0.4, 0.5) is 4.39 Å². The van der Waals surface area contributed by atoms with Crippen molar-refractivity contribution in [2.45, 2.75) is 25.8 Å². The lowest BCUT2D eigenvalue weighted by Crippen LogP contribution is -2.37. The van der Waals surface area contributed by atoms with E-state index in [-0.39, 0.29) is 6.54 Å². The van der Waals surface area contributed by atoms with Gasteiger partial charge in [0.25, 0.3) is 5.56 Å². The molecule has 0 aromatic carbocycles. The number of nitrogens with one attached hydrogen (secondary N) is 1. The minimum atomic E-state index is -1.13. The van der Waals surface area contributed by atoms with Gasteiger partial charge in [-0.3, -0.25) is 14.3 Å². The standard InChI is InChI=1S/C11H14ClFN2O3/c12-9-8(13)10(16)15(11(17)14-9)4-1-5-18-6-7-2-3-7/h7H,1-6H2,(H,14,17). The first-order valence-corrected chi connectivity index (χ1v) is 6.23. The van der Waals surface area contributed by atoms with Crippen LogP contribution in [0.5, 0.6) is 0 Å². The van der Waals surface area contributed by atoms with Crippen LogP contribution in [0.25, 0.3) is 0 Å². The molecule has 7 heteroatoms. The van der Waals surface area contributed by atoms with Crippen molar-refractivity contribution in [2.75, 3.05) is 13.2 Å². The fourth-order valence-corrected chi connectivity index (χ4v) is 1.74. The van der Waals surface area contributed by atoms with Crippen molar-refractivity contribution in [1.82, 2.24) is 9.55 Å². The van der Waals surface area contributed by atoms with Crippen molar-refractivity contribution in [1.29, 1.82) is 0 Å². The number of H-pyrrole nitrogens is 1. The molecular formula is C11H14ClFN2O3. The number of aromatic nitrogens is 2. The molecule has 0 spiro atoms. The van der Waals surface area contributed by atoms with Crippen LogP contribution in [0.2, 0.25) is 5.15 Å². The summed E-state index contributed by atoms with van der Waals surface area (Å²) in [6.07, 6.45) is 2.90. The second-order valence-corrected chi connectivity index (χ2v) is 4.76. The molecule has 1 aliphatic carbocycles. The quantitative estimate of drug-likeness (QED) is 0.626. The summed E-state index contributed by atoms with van der Waals surface area (Å²) in [5, 5.41) is -0.550. The van der Waals surface area contributed by atoms with Crippen molar-refractivity contribution in [3.63, 3.8) is 0 Å². The molecule has 0 saturated heterocycles. The Balaban J connectivity index is 1.90. The summed E-state index contributed by atoms with van der Waals surface area (Å²) in [4.78, 5) is 24.9. The second kappa shape index (κ2) is 5.67. The predicted molar refractivity (Wildman–Crippen MR) is 64.5 cm³/mol. The van der Waals surface area contributed by atoms with Gasteiger partial charge in [-0.25, -0.2) is 4.79 Å². The Morgan fingerprint density at radius 3 is 2.83 bits per heavy atom. The molecule has 0 aliphatic heterocycles. The molecule has 1 saturated carbocycles. The van der Waals surface area contributed by atoms with E-state index in [0.717, 1.165) is 11.2 Å². The maximum atomic E-state index is 13.2. The minimum Gasteiger partial charge on any atom is -0.381 e. The van der Waals surface area contributed by atoms with E-state index in [0.29, 0.717) is 18.9 Å². The highest BCUT2D eigenvalue weighted by atomic mass is 35.5. The van der Waals surface area contributed by atoms with Gasteiger partial charge >= 0.3 is 5.69 Å². The molecule has 1 aliphatic rings. The molecule has 1 fully saturated rings. The van der Waals surface area contributed by atoms with Gasteiger partial charge in [0.1, 0.15) is 0 Å². The van der Waals surface area contributed by atoms with Crippen molar-refractivity contribution in [3.8, 4) is 0 Å². The number of aromatic amines is 1.